The second-order valence-electron chi connectivity index (χ2n) is 6.75. The van der Waals surface area contributed by atoms with Crippen LogP contribution in [0.15, 0.2) is 48.5 Å². The zero-order valence-corrected chi connectivity index (χ0v) is 15.9. The minimum Gasteiger partial charge on any atom is -0.484 e. The molecule has 2 rings (SSSR count). The highest BCUT2D eigenvalue weighted by Crippen LogP contribution is 2.22. The van der Waals surface area contributed by atoms with Crippen molar-refractivity contribution in [3.63, 3.8) is 0 Å². The van der Waals surface area contributed by atoms with Gasteiger partial charge in [0.1, 0.15) is 5.75 Å². The Labute approximate surface area is 155 Å². The monoisotopic (exact) mass is 353 g/mol. The fourth-order valence-corrected chi connectivity index (χ4v) is 2.75. The van der Waals surface area contributed by atoms with Gasteiger partial charge in [-0.1, -0.05) is 45.0 Å². The third-order valence-electron chi connectivity index (χ3n) is 4.36. The standard InChI is InChI=1S/C22H27NO3/c1-5-17-6-8-19(9-7-17)22(15(2)3)23-21(25)14-26-20-12-10-18(11-13-20)16(4)24/h6-13,15,22H,5,14H2,1-4H3,(H,23,25)/t22-/m0/s1. The summed E-state index contributed by atoms with van der Waals surface area (Å²) in [7, 11) is 0. The molecule has 1 N–H and O–H groups in total. The van der Waals surface area contributed by atoms with Crippen LogP contribution in [0.2, 0.25) is 0 Å². The Bertz CT molecular complexity index is 733. The van der Waals surface area contributed by atoms with E-state index in [4.69, 9.17) is 4.74 Å². The van der Waals surface area contributed by atoms with Crippen LogP contribution in [0.3, 0.4) is 0 Å². The molecule has 0 fully saturated rings. The highest BCUT2D eigenvalue weighted by atomic mass is 16.5. The molecule has 0 bridgehead atoms. The van der Waals surface area contributed by atoms with E-state index in [1.165, 1.54) is 12.5 Å². The Morgan fingerprint density at radius 2 is 1.62 bits per heavy atom. The molecule has 0 aliphatic heterocycles. The van der Waals surface area contributed by atoms with Gasteiger partial charge in [-0.2, -0.15) is 0 Å². The van der Waals surface area contributed by atoms with E-state index < -0.39 is 0 Å². The first-order valence-electron chi connectivity index (χ1n) is 9.02. The predicted octanol–water partition coefficient (Wildman–Crippen LogP) is 4.34. The lowest BCUT2D eigenvalue weighted by atomic mass is 9.95. The molecule has 2 aromatic carbocycles. The minimum absolute atomic E-state index is 0.00293. The third kappa shape index (κ3) is 5.45. The van der Waals surface area contributed by atoms with Crippen LogP contribution >= 0.6 is 0 Å². The molecule has 0 spiro atoms. The van der Waals surface area contributed by atoms with Crippen molar-refractivity contribution >= 4 is 11.7 Å². The predicted molar refractivity (Wildman–Crippen MR) is 103 cm³/mol. The molecule has 4 heteroatoms. The summed E-state index contributed by atoms with van der Waals surface area (Å²) in [5.74, 6) is 0.668. The number of hydrogen-bond donors (Lipinski definition) is 1. The lowest BCUT2D eigenvalue weighted by Crippen LogP contribution is -2.35. The van der Waals surface area contributed by atoms with Crippen LogP contribution in [0.1, 0.15) is 55.2 Å². The van der Waals surface area contributed by atoms with Gasteiger partial charge in [-0.3, -0.25) is 9.59 Å². The largest absolute Gasteiger partial charge is 0.484 e. The molecule has 0 aromatic heterocycles. The van der Waals surface area contributed by atoms with Crippen LogP contribution < -0.4 is 10.1 Å². The van der Waals surface area contributed by atoms with Gasteiger partial charge in [0.2, 0.25) is 0 Å². The minimum atomic E-state index is -0.168. The van der Waals surface area contributed by atoms with Crippen LogP contribution in [0.25, 0.3) is 0 Å². The van der Waals surface area contributed by atoms with E-state index in [-0.39, 0.29) is 30.3 Å². The van der Waals surface area contributed by atoms with Gasteiger partial charge in [-0.15, -0.1) is 0 Å². The van der Waals surface area contributed by atoms with E-state index >= 15 is 0 Å². The summed E-state index contributed by atoms with van der Waals surface area (Å²) >= 11 is 0. The summed E-state index contributed by atoms with van der Waals surface area (Å²) in [5, 5.41) is 3.05. The summed E-state index contributed by atoms with van der Waals surface area (Å²) in [6, 6.07) is 15.1. The lowest BCUT2D eigenvalue weighted by molar-refractivity contribution is -0.124. The number of carbonyl (C=O) groups excluding carboxylic acids is 2. The molecule has 138 valence electrons. The average Bonchev–Trinajstić information content (AvgIpc) is 2.64. The Morgan fingerprint density at radius 1 is 1.00 bits per heavy atom. The first kappa shape index (κ1) is 19.7. The van der Waals surface area contributed by atoms with Gasteiger partial charge in [0, 0.05) is 5.56 Å². The van der Waals surface area contributed by atoms with Gasteiger partial charge in [-0.25, -0.2) is 0 Å². The number of rotatable bonds is 8. The highest BCUT2D eigenvalue weighted by molar-refractivity contribution is 5.94. The summed E-state index contributed by atoms with van der Waals surface area (Å²) in [6.07, 6.45) is 0.995. The maximum atomic E-state index is 12.3. The molecule has 1 atom stereocenters. The number of aryl methyl sites for hydroxylation is 1. The average molecular weight is 353 g/mol. The quantitative estimate of drug-likeness (QED) is 0.718. The van der Waals surface area contributed by atoms with E-state index in [0.717, 1.165) is 12.0 Å². The summed E-state index contributed by atoms with van der Waals surface area (Å²) in [4.78, 5) is 23.6. The Kier molecular flexibility index (Phi) is 6.96. The normalized spacial score (nSPS) is 11.9. The van der Waals surface area contributed by atoms with Crippen molar-refractivity contribution in [1.82, 2.24) is 5.32 Å². The lowest BCUT2D eigenvalue weighted by Gasteiger charge is -2.23. The molecule has 26 heavy (non-hydrogen) atoms. The number of hydrogen-bond acceptors (Lipinski definition) is 3. The molecule has 0 unspecified atom stereocenters. The Balaban J connectivity index is 1.95. The number of ketones is 1. The topological polar surface area (TPSA) is 55.4 Å². The number of carbonyl (C=O) groups is 2. The first-order chi connectivity index (χ1) is 12.4. The van der Waals surface area contributed by atoms with Gasteiger partial charge in [0.05, 0.1) is 6.04 Å². The van der Waals surface area contributed by atoms with Gasteiger partial charge >= 0.3 is 0 Å². The maximum Gasteiger partial charge on any atom is 0.258 e. The second kappa shape index (κ2) is 9.18. The van der Waals surface area contributed by atoms with Crippen molar-refractivity contribution in [1.29, 1.82) is 0 Å². The van der Waals surface area contributed by atoms with Crippen molar-refractivity contribution in [3.8, 4) is 5.75 Å². The van der Waals surface area contributed by atoms with Crippen LogP contribution in [-0.2, 0) is 11.2 Å². The van der Waals surface area contributed by atoms with Crippen LogP contribution in [0.5, 0.6) is 5.75 Å². The molecular weight excluding hydrogens is 326 g/mol. The third-order valence-corrected chi connectivity index (χ3v) is 4.36. The number of Topliss-reactive ketones (excluding diaryl/α,β-unsaturated/α-hetero) is 1. The molecule has 0 saturated carbocycles. The van der Waals surface area contributed by atoms with Crippen molar-refractivity contribution < 1.29 is 14.3 Å². The van der Waals surface area contributed by atoms with Crippen LogP contribution in [-0.4, -0.2) is 18.3 Å². The van der Waals surface area contributed by atoms with E-state index in [9.17, 15) is 9.59 Å². The second-order valence-corrected chi connectivity index (χ2v) is 6.75. The molecule has 0 radical (unpaired) electrons. The Hall–Kier alpha value is -2.62. The smallest absolute Gasteiger partial charge is 0.258 e. The fraction of sp³-hybridized carbons (Fsp3) is 0.364. The van der Waals surface area contributed by atoms with Crippen molar-refractivity contribution in [2.75, 3.05) is 6.61 Å². The van der Waals surface area contributed by atoms with E-state index in [2.05, 4.69) is 50.4 Å². The van der Waals surface area contributed by atoms with Gasteiger partial charge in [-0.05, 0) is 54.7 Å². The molecule has 0 heterocycles. The molecule has 4 nitrogen and oxygen atoms in total. The first-order valence-corrected chi connectivity index (χ1v) is 9.02. The molecule has 1 amide bonds. The Morgan fingerprint density at radius 3 is 2.12 bits per heavy atom. The van der Waals surface area contributed by atoms with E-state index in [0.29, 0.717) is 11.3 Å². The zero-order valence-electron chi connectivity index (χ0n) is 15.9. The van der Waals surface area contributed by atoms with Crippen molar-refractivity contribution in [3.05, 3.63) is 65.2 Å². The van der Waals surface area contributed by atoms with Crippen molar-refractivity contribution in [2.24, 2.45) is 5.92 Å². The molecule has 0 saturated heterocycles. The molecule has 0 aliphatic rings. The summed E-state index contributed by atoms with van der Waals surface area (Å²) in [5.41, 5.74) is 2.99. The van der Waals surface area contributed by atoms with Gasteiger partial charge in [0.15, 0.2) is 12.4 Å². The number of amides is 1. The molecule has 2 aromatic rings. The summed E-state index contributed by atoms with van der Waals surface area (Å²) < 4.78 is 5.53. The van der Waals surface area contributed by atoms with Crippen LogP contribution in [0, 0.1) is 5.92 Å². The van der Waals surface area contributed by atoms with Gasteiger partial charge in [0.25, 0.3) is 5.91 Å². The molecular formula is C22H27NO3. The zero-order chi connectivity index (χ0) is 19.1. The van der Waals surface area contributed by atoms with Crippen molar-refractivity contribution in [2.45, 2.75) is 40.2 Å². The van der Waals surface area contributed by atoms with E-state index in [1.807, 2.05) is 0 Å². The fourth-order valence-electron chi connectivity index (χ4n) is 2.75. The number of nitrogens with one attached hydrogen (secondary N) is 1. The number of benzene rings is 2. The summed E-state index contributed by atoms with van der Waals surface area (Å²) in [6.45, 7) is 7.75. The van der Waals surface area contributed by atoms with Gasteiger partial charge < -0.3 is 10.1 Å². The molecule has 0 aliphatic carbocycles. The highest BCUT2D eigenvalue weighted by Gasteiger charge is 2.18. The van der Waals surface area contributed by atoms with Crippen LogP contribution in [0.4, 0.5) is 0 Å². The SMILES string of the molecule is CCc1ccc([C@@H](NC(=O)COc2ccc(C(C)=O)cc2)C(C)C)cc1. The maximum absolute atomic E-state index is 12.3. The number of ether oxygens (including phenoxy) is 1. The van der Waals surface area contributed by atoms with E-state index in [1.54, 1.807) is 24.3 Å².